The fraction of sp³-hybridized carbons (Fsp3) is 0.789. The van der Waals surface area contributed by atoms with Gasteiger partial charge in [0.1, 0.15) is 11.6 Å². The molecule has 1 aliphatic rings. The Bertz CT molecular complexity index is 762. The van der Waals surface area contributed by atoms with E-state index in [1.807, 2.05) is 19.4 Å². The highest BCUT2D eigenvalue weighted by Gasteiger charge is 2.56. The summed E-state index contributed by atoms with van der Waals surface area (Å²) >= 11 is 3.04. The molecule has 0 amide bonds. The lowest BCUT2D eigenvalue weighted by molar-refractivity contribution is -0.325. The van der Waals surface area contributed by atoms with Gasteiger partial charge in [0.2, 0.25) is 5.66 Å². The van der Waals surface area contributed by atoms with Gasteiger partial charge in [-0.05, 0) is 50.7 Å². The van der Waals surface area contributed by atoms with Crippen molar-refractivity contribution in [2.75, 3.05) is 43.7 Å². The van der Waals surface area contributed by atoms with E-state index in [9.17, 15) is 9.59 Å². The summed E-state index contributed by atoms with van der Waals surface area (Å²) in [5, 5.41) is 0.838. The highest BCUT2D eigenvalue weighted by molar-refractivity contribution is 7.98. The van der Waals surface area contributed by atoms with E-state index in [4.69, 9.17) is 21.1 Å². The molecule has 11 nitrogen and oxygen atoms in total. The molecule has 0 spiro atoms. The monoisotopic (exact) mass is 523 g/mol. The number of rotatable bonds is 14. The lowest BCUT2D eigenvalue weighted by atomic mass is 9.87. The molecule has 0 aromatic heterocycles. The second-order valence-electron chi connectivity index (χ2n) is 6.94. The molecule has 33 heavy (non-hydrogen) atoms. The molecular weight excluding hydrogens is 490 g/mol. The van der Waals surface area contributed by atoms with Gasteiger partial charge in [0.05, 0.1) is 18.6 Å². The molecule has 0 aliphatic carbocycles. The van der Waals surface area contributed by atoms with Crippen LogP contribution in [0.1, 0.15) is 33.1 Å². The van der Waals surface area contributed by atoms with Crippen LogP contribution in [0.25, 0.3) is 0 Å². The summed E-state index contributed by atoms with van der Waals surface area (Å²) < 4.78 is 0. The van der Waals surface area contributed by atoms with Gasteiger partial charge in [-0.2, -0.15) is 28.5 Å². The van der Waals surface area contributed by atoms with Gasteiger partial charge >= 0.3 is 11.9 Å². The van der Waals surface area contributed by atoms with Crippen molar-refractivity contribution in [1.29, 1.82) is 0 Å². The van der Waals surface area contributed by atoms with Crippen molar-refractivity contribution in [3.8, 4) is 0 Å². The van der Waals surface area contributed by atoms with E-state index >= 15 is 0 Å². The van der Waals surface area contributed by atoms with Gasteiger partial charge in [0.15, 0.2) is 0 Å². The van der Waals surface area contributed by atoms with Gasteiger partial charge in [0, 0.05) is 24.7 Å². The van der Waals surface area contributed by atoms with E-state index in [-0.39, 0.29) is 31.8 Å². The van der Waals surface area contributed by atoms with Gasteiger partial charge in [-0.25, -0.2) is 24.6 Å². The maximum absolute atomic E-state index is 13.0. The van der Waals surface area contributed by atoms with Crippen LogP contribution < -0.4 is 11.5 Å². The molecule has 3 unspecified atom stereocenters. The lowest BCUT2D eigenvalue weighted by Gasteiger charge is -2.29. The zero-order valence-corrected chi connectivity index (χ0v) is 21.9. The molecule has 0 aromatic rings. The summed E-state index contributed by atoms with van der Waals surface area (Å²) in [4.78, 5) is 52.1. The summed E-state index contributed by atoms with van der Waals surface area (Å²) in [6, 6.07) is 4.24. The second-order valence-corrected chi connectivity index (χ2v) is 8.91. The first kappa shape index (κ1) is 31.6. The first-order chi connectivity index (χ1) is 15.3. The third kappa shape index (κ3) is 9.38. The van der Waals surface area contributed by atoms with Gasteiger partial charge in [0.25, 0.3) is 0 Å². The predicted octanol–water partition coefficient (Wildman–Crippen LogP) is 1.65. The molecule has 1 rings (SSSR count). The molecular formula is C19H34ClN7O4S2. The molecule has 4 N–H and O–H groups in total. The molecule has 188 valence electrons. The average Bonchev–Trinajstić information content (AvgIpc) is 3.00. The van der Waals surface area contributed by atoms with Gasteiger partial charge in [-0.3, -0.25) is 5.73 Å². The molecule has 0 bridgehead atoms. The van der Waals surface area contributed by atoms with Crippen LogP contribution in [0.5, 0.6) is 0 Å². The van der Waals surface area contributed by atoms with Gasteiger partial charge in [-0.15, -0.1) is 12.4 Å². The third-order valence-corrected chi connectivity index (χ3v) is 5.85. The molecule has 14 heteroatoms. The standard InChI is InChI=1S/C19H33N7O4S2.ClH/c1-5-22-13-24-10-7-15-18(20,8-11-31-3)16(27)29-26(15)30-17(28)19(21,9-12-32-4)25-14-23-6-2;/h15H,5-12,20-21H2,1-4H3;1H. The maximum Gasteiger partial charge on any atom is 0.371 e. The third-order valence-electron chi connectivity index (χ3n) is 4.63. The quantitative estimate of drug-likeness (QED) is 0.323. The Morgan fingerprint density at radius 3 is 2.45 bits per heavy atom. The van der Waals surface area contributed by atoms with Crippen molar-refractivity contribution >= 4 is 59.9 Å². The van der Waals surface area contributed by atoms with E-state index in [1.54, 1.807) is 18.7 Å². The molecule has 1 saturated heterocycles. The number of hydroxylamine groups is 2. The normalized spacial score (nSPS) is 21.5. The zero-order chi connectivity index (χ0) is 24.0. The van der Waals surface area contributed by atoms with Crippen LogP contribution >= 0.6 is 35.9 Å². The summed E-state index contributed by atoms with van der Waals surface area (Å²) in [6.45, 7) is 4.93. The number of carbonyl (C=O) groups excluding carboxylic acids is 2. The van der Waals surface area contributed by atoms with Crippen molar-refractivity contribution in [2.45, 2.75) is 50.4 Å². The van der Waals surface area contributed by atoms with Crippen molar-refractivity contribution in [1.82, 2.24) is 5.23 Å². The van der Waals surface area contributed by atoms with Crippen LogP contribution in [0, 0.1) is 0 Å². The van der Waals surface area contributed by atoms with E-state index in [0.29, 0.717) is 31.0 Å². The fourth-order valence-corrected chi connectivity index (χ4v) is 3.77. The van der Waals surface area contributed by atoms with Gasteiger partial charge < -0.3 is 15.4 Å². The van der Waals surface area contributed by atoms with Crippen LogP contribution in [0.15, 0.2) is 20.0 Å². The maximum atomic E-state index is 13.0. The van der Waals surface area contributed by atoms with Crippen LogP contribution in [0.2, 0.25) is 0 Å². The Morgan fingerprint density at radius 2 is 1.85 bits per heavy atom. The summed E-state index contributed by atoms with van der Waals surface area (Å²) in [7, 11) is 0. The minimum Gasteiger partial charge on any atom is -0.330 e. The molecule has 0 radical (unpaired) electrons. The van der Waals surface area contributed by atoms with Crippen molar-refractivity contribution < 1.29 is 19.3 Å². The Balaban J connectivity index is 0.0000102. The number of nitrogens with zero attached hydrogens (tertiary/aromatic N) is 5. The number of nitrogens with two attached hydrogens (primary N) is 2. The smallest absolute Gasteiger partial charge is 0.330 e. The number of hydrogen-bond acceptors (Lipinski definition) is 13. The topological polar surface area (TPSA) is 157 Å². The Labute approximate surface area is 209 Å². The number of carbonyl (C=O) groups is 2. The number of thioether (sulfide) groups is 2. The van der Waals surface area contributed by atoms with E-state index in [1.165, 1.54) is 11.8 Å². The summed E-state index contributed by atoms with van der Waals surface area (Å²) in [6.07, 6.45) is 4.58. The van der Waals surface area contributed by atoms with E-state index < -0.39 is 29.2 Å². The summed E-state index contributed by atoms with van der Waals surface area (Å²) in [5.41, 5.74) is 9.54. The average molecular weight is 524 g/mol. The van der Waals surface area contributed by atoms with Crippen LogP contribution in [0.4, 0.5) is 0 Å². The zero-order valence-electron chi connectivity index (χ0n) is 19.5. The predicted molar refractivity (Wildman–Crippen MR) is 135 cm³/mol. The van der Waals surface area contributed by atoms with Crippen LogP contribution in [-0.4, -0.2) is 90.1 Å². The Hall–Kier alpha value is -1.43. The summed E-state index contributed by atoms with van der Waals surface area (Å²) in [5.74, 6) is -0.408. The number of hydrogen-bond donors (Lipinski definition) is 2. The fourth-order valence-electron chi connectivity index (χ4n) is 2.71. The molecule has 1 aliphatic heterocycles. The van der Waals surface area contributed by atoms with Crippen LogP contribution in [0.3, 0.4) is 0 Å². The lowest BCUT2D eigenvalue weighted by Crippen LogP contribution is -2.57. The highest BCUT2D eigenvalue weighted by atomic mass is 35.5. The van der Waals surface area contributed by atoms with E-state index in [0.717, 1.165) is 5.23 Å². The van der Waals surface area contributed by atoms with Crippen molar-refractivity contribution in [2.24, 2.45) is 31.4 Å². The molecule has 0 aromatic carbocycles. The second kappa shape index (κ2) is 16.2. The first-order valence-electron chi connectivity index (χ1n) is 10.3. The van der Waals surface area contributed by atoms with Crippen molar-refractivity contribution in [3.05, 3.63) is 0 Å². The highest BCUT2D eigenvalue weighted by Crippen LogP contribution is 2.32. The van der Waals surface area contributed by atoms with E-state index in [2.05, 4.69) is 32.0 Å². The Kier molecular flexibility index (Phi) is 15.5. The Morgan fingerprint density at radius 1 is 1.21 bits per heavy atom. The molecule has 1 fully saturated rings. The van der Waals surface area contributed by atoms with Gasteiger partial charge in [-0.1, -0.05) is 0 Å². The molecule has 3 atom stereocenters. The molecule has 0 saturated carbocycles. The number of aliphatic imine (C=N–C) groups is 4. The molecule has 1 heterocycles. The van der Waals surface area contributed by atoms with Crippen molar-refractivity contribution in [3.63, 3.8) is 0 Å². The van der Waals surface area contributed by atoms with Crippen LogP contribution in [-0.2, 0) is 19.3 Å². The SMILES string of the molecule is CCN=C=NCCC1N(OC(=O)C(N)(CCSC)N=C=NCC)OC(=O)C1(N)CCSC.Cl. The number of halogens is 1. The minimum atomic E-state index is -1.73. The largest absolute Gasteiger partial charge is 0.371 e. The first-order valence-corrected chi connectivity index (χ1v) is 13.1. The minimum absolute atomic E-state index is 0.